The van der Waals surface area contributed by atoms with Crippen LogP contribution in [0.5, 0.6) is 0 Å². The maximum Gasteiger partial charge on any atom is 0.158 e. The minimum absolute atomic E-state index is 0.135. The Morgan fingerprint density at radius 1 is 1.20 bits per heavy atom. The molecule has 0 amide bonds. The standard InChI is InChI=1S/C7H17BrOSi/c1-10-9-7-5-3-2-4-6-8/h2-7,10H2,1H3. The first-order chi connectivity index (χ1) is 4.91. The van der Waals surface area contributed by atoms with E-state index in [0.717, 1.165) is 11.9 Å². The van der Waals surface area contributed by atoms with Crippen LogP contribution in [-0.2, 0) is 4.43 Å². The van der Waals surface area contributed by atoms with E-state index in [4.69, 9.17) is 4.43 Å². The Morgan fingerprint density at radius 2 is 1.90 bits per heavy atom. The van der Waals surface area contributed by atoms with Gasteiger partial charge in [-0.3, -0.25) is 0 Å². The Kier molecular flexibility index (Phi) is 10.3. The molecule has 10 heavy (non-hydrogen) atoms. The molecule has 0 saturated carbocycles. The number of hydrogen-bond donors (Lipinski definition) is 0. The number of halogens is 1. The zero-order valence-corrected chi connectivity index (χ0v) is 9.74. The van der Waals surface area contributed by atoms with Crippen LogP contribution in [0.2, 0.25) is 6.55 Å². The smallest absolute Gasteiger partial charge is 0.158 e. The average molecular weight is 225 g/mol. The lowest BCUT2D eigenvalue weighted by atomic mass is 10.2. The third-order valence-corrected chi connectivity index (χ3v) is 2.63. The Morgan fingerprint density at radius 3 is 2.50 bits per heavy atom. The molecule has 0 aromatic rings. The summed E-state index contributed by atoms with van der Waals surface area (Å²) in [5, 5.41) is 1.15. The van der Waals surface area contributed by atoms with Gasteiger partial charge in [0.1, 0.15) is 0 Å². The lowest BCUT2D eigenvalue weighted by molar-refractivity contribution is 0.324. The van der Waals surface area contributed by atoms with Crippen molar-refractivity contribution in [2.45, 2.75) is 32.2 Å². The number of hydrogen-bond acceptors (Lipinski definition) is 1. The molecule has 0 spiro atoms. The van der Waals surface area contributed by atoms with Crippen molar-refractivity contribution in [1.82, 2.24) is 0 Å². The average Bonchev–Trinajstić information content (AvgIpc) is 1.97. The molecule has 0 heterocycles. The van der Waals surface area contributed by atoms with Gasteiger partial charge in [-0.2, -0.15) is 0 Å². The van der Waals surface area contributed by atoms with Crippen molar-refractivity contribution in [3.8, 4) is 0 Å². The molecule has 0 saturated heterocycles. The van der Waals surface area contributed by atoms with E-state index in [1.165, 1.54) is 25.7 Å². The summed E-state index contributed by atoms with van der Waals surface area (Å²) in [6.07, 6.45) is 5.25. The predicted octanol–water partition coefficient (Wildman–Crippen LogP) is 2.09. The van der Waals surface area contributed by atoms with E-state index in [2.05, 4.69) is 22.5 Å². The normalized spacial score (nSPS) is 11.4. The Bertz CT molecular complexity index is 53.6. The summed E-state index contributed by atoms with van der Waals surface area (Å²) in [6.45, 7) is 3.18. The minimum Gasteiger partial charge on any atom is -0.424 e. The van der Waals surface area contributed by atoms with Crippen LogP contribution >= 0.6 is 15.9 Å². The molecule has 0 atom stereocenters. The fourth-order valence-electron chi connectivity index (χ4n) is 0.797. The Labute approximate surface area is 74.6 Å². The van der Waals surface area contributed by atoms with Crippen LogP contribution in [0.25, 0.3) is 0 Å². The van der Waals surface area contributed by atoms with Crippen LogP contribution in [0.1, 0.15) is 25.7 Å². The van der Waals surface area contributed by atoms with Crippen molar-refractivity contribution in [2.24, 2.45) is 0 Å². The molecule has 0 aliphatic carbocycles. The van der Waals surface area contributed by atoms with Gasteiger partial charge in [-0.15, -0.1) is 0 Å². The highest BCUT2D eigenvalue weighted by Crippen LogP contribution is 2.01. The van der Waals surface area contributed by atoms with Crippen LogP contribution in [0, 0.1) is 0 Å². The van der Waals surface area contributed by atoms with E-state index >= 15 is 0 Å². The zero-order valence-electron chi connectivity index (χ0n) is 6.74. The van der Waals surface area contributed by atoms with Gasteiger partial charge in [0.25, 0.3) is 0 Å². The van der Waals surface area contributed by atoms with E-state index in [-0.39, 0.29) is 9.76 Å². The highest BCUT2D eigenvalue weighted by atomic mass is 79.9. The van der Waals surface area contributed by atoms with Crippen molar-refractivity contribution < 1.29 is 4.43 Å². The van der Waals surface area contributed by atoms with Crippen LogP contribution in [0.3, 0.4) is 0 Å². The summed E-state index contributed by atoms with van der Waals surface area (Å²) < 4.78 is 5.34. The zero-order chi connectivity index (χ0) is 7.66. The number of unbranched alkanes of at least 4 members (excludes halogenated alkanes) is 3. The predicted molar refractivity (Wildman–Crippen MR) is 52.6 cm³/mol. The van der Waals surface area contributed by atoms with E-state index in [1.807, 2.05) is 0 Å². The molecule has 1 nitrogen and oxygen atoms in total. The molecule has 0 unspecified atom stereocenters. The van der Waals surface area contributed by atoms with Crippen LogP contribution in [0.15, 0.2) is 0 Å². The van der Waals surface area contributed by atoms with Gasteiger partial charge in [-0.1, -0.05) is 35.3 Å². The van der Waals surface area contributed by atoms with Crippen molar-refractivity contribution in [1.29, 1.82) is 0 Å². The lowest BCUT2D eigenvalue weighted by Crippen LogP contribution is -1.95. The molecular formula is C7H17BrOSi. The van der Waals surface area contributed by atoms with E-state index in [0.29, 0.717) is 0 Å². The third kappa shape index (κ3) is 8.66. The van der Waals surface area contributed by atoms with E-state index in [9.17, 15) is 0 Å². The molecule has 3 heteroatoms. The minimum atomic E-state index is -0.135. The van der Waals surface area contributed by atoms with E-state index in [1.54, 1.807) is 0 Å². The van der Waals surface area contributed by atoms with Gasteiger partial charge in [0, 0.05) is 11.9 Å². The van der Waals surface area contributed by atoms with Crippen LogP contribution in [0.4, 0.5) is 0 Å². The fourth-order valence-corrected chi connectivity index (χ4v) is 1.69. The van der Waals surface area contributed by atoms with Crippen molar-refractivity contribution in [2.75, 3.05) is 11.9 Å². The van der Waals surface area contributed by atoms with Gasteiger partial charge < -0.3 is 4.43 Å². The highest BCUT2D eigenvalue weighted by molar-refractivity contribution is 9.09. The topological polar surface area (TPSA) is 9.23 Å². The molecule has 0 radical (unpaired) electrons. The molecule has 0 fully saturated rings. The molecule has 0 N–H and O–H groups in total. The van der Waals surface area contributed by atoms with Crippen molar-refractivity contribution >= 4 is 25.7 Å². The summed E-state index contributed by atoms with van der Waals surface area (Å²) in [4.78, 5) is 0. The quantitative estimate of drug-likeness (QED) is 0.366. The van der Waals surface area contributed by atoms with Gasteiger partial charge >= 0.3 is 0 Å². The SMILES string of the molecule is C[SiH2]OCCCCCCBr. The molecule has 0 aromatic heterocycles. The van der Waals surface area contributed by atoms with E-state index < -0.39 is 0 Å². The van der Waals surface area contributed by atoms with Gasteiger partial charge in [-0.25, -0.2) is 0 Å². The molecule has 0 aliphatic rings. The summed E-state index contributed by atoms with van der Waals surface area (Å²) in [6, 6.07) is 0. The van der Waals surface area contributed by atoms with Crippen molar-refractivity contribution in [3.05, 3.63) is 0 Å². The lowest BCUT2D eigenvalue weighted by Gasteiger charge is -1.99. The molecule has 62 valence electrons. The van der Waals surface area contributed by atoms with Gasteiger partial charge in [0.15, 0.2) is 9.76 Å². The fraction of sp³-hybridized carbons (Fsp3) is 1.00. The maximum atomic E-state index is 5.34. The van der Waals surface area contributed by atoms with Gasteiger partial charge in [0.05, 0.1) is 0 Å². The Balaban J connectivity index is 2.65. The first-order valence-corrected chi connectivity index (χ1v) is 7.16. The molecule has 0 aromatic carbocycles. The largest absolute Gasteiger partial charge is 0.424 e. The maximum absolute atomic E-state index is 5.34. The second-order valence-electron chi connectivity index (χ2n) is 2.30. The monoisotopic (exact) mass is 224 g/mol. The number of rotatable bonds is 7. The molecule has 0 rings (SSSR count). The van der Waals surface area contributed by atoms with Crippen molar-refractivity contribution in [3.63, 3.8) is 0 Å². The highest BCUT2D eigenvalue weighted by Gasteiger charge is 1.87. The first-order valence-electron chi connectivity index (χ1n) is 4.05. The molecule has 0 bridgehead atoms. The second kappa shape index (κ2) is 9.66. The summed E-state index contributed by atoms with van der Waals surface area (Å²) >= 11 is 3.41. The third-order valence-electron chi connectivity index (χ3n) is 1.38. The summed E-state index contributed by atoms with van der Waals surface area (Å²) in [7, 11) is -0.135. The van der Waals surface area contributed by atoms with Gasteiger partial charge in [0.2, 0.25) is 0 Å². The number of alkyl halides is 1. The molecular weight excluding hydrogens is 208 g/mol. The second-order valence-corrected chi connectivity index (χ2v) is 4.08. The van der Waals surface area contributed by atoms with Gasteiger partial charge in [-0.05, 0) is 12.8 Å². The summed E-state index contributed by atoms with van der Waals surface area (Å²) in [5.41, 5.74) is 0. The summed E-state index contributed by atoms with van der Waals surface area (Å²) in [5.74, 6) is 0. The Hall–Kier alpha value is 0.657. The first kappa shape index (κ1) is 10.7. The molecule has 0 aliphatic heterocycles. The van der Waals surface area contributed by atoms with Crippen LogP contribution < -0.4 is 0 Å². The van der Waals surface area contributed by atoms with Crippen LogP contribution in [-0.4, -0.2) is 21.7 Å².